The van der Waals surface area contributed by atoms with E-state index in [1.807, 2.05) is 0 Å². The van der Waals surface area contributed by atoms with Gasteiger partial charge in [-0.2, -0.15) is 0 Å². The van der Waals surface area contributed by atoms with E-state index in [1.54, 1.807) is 6.92 Å². The highest BCUT2D eigenvalue weighted by atomic mass is 16.4. The first-order valence-electron chi connectivity index (χ1n) is 5.44. The molecule has 0 aliphatic carbocycles. The number of nitrogens with zero attached hydrogens (tertiary/aromatic N) is 3. The number of carbonyl (C=O) groups excluding carboxylic acids is 1. The molecule has 7 heteroatoms. The predicted molar refractivity (Wildman–Crippen MR) is 65.3 cm³/mol. The zero-order valence-corrected chi connectivity index (χ0v) is 10.5. The Morgan fingerprint density at radius 2 is 1.94 bits per heavy atom. The summed E-state index contributed by atoms with van der Waals surface area (Å²) in [6.07, 6.45) is 2.73. The van der Waals surface area contributed by atoms with Gasteiger partial charge in [0.05, 0.1) is 0 Å². The van der Waals surface area contributed by atoms with Gasteiger partial charge in [-0.05, 0) is 20.8 Å². The first-order valence-corrected chi connectivity index (χ1v) is 5.44. The van der Waals surface area contributed by atoms with Gasteiger partial charge in [0.25, 0.3) is 5.91 Å². The molecule has 0 radical (unpaired) electrons. The molecule has 0 saturated heterocycles. The summed E-state index contributed by atoms with van der Waals surface area (Å²) < 4.78 is 0. The minimum absolute atomic E-state index is 0.0336. The van der Waals surface area contributed by atoms with Gasteiger partial charge in [0.15, 0.2) is 11.5 Å². The summed E-state index contributed by atoms with van der Waals surface area (Å²) in [6.45, 7) is 5.18. The van der Waals surface area contributed by atoms with Crippen molar-refractivity contribution >= 4 is 17.7 Å². The van der Waals surface area contributed by atoms with Gasteiger partial charge in [0.1, 0.15) is 5.54 Å². The molecular weight excluding hydrogens is 236 g/mol. The molecule has 0 aliphatic heterocycles. The smallest absolute Gasteiger partial charge is 0.329 e. The summed E-state index contributed by atoms with van der Waals surface area (Å²) in [5.74, 6) is -1.58. The minimum Gasteiger partial charge on any atom is -0.480 e. The Hall–Kier alpha value is -2.18. The van der Waals surface area contributed by atoms with Gasteiger partial charge in [0.2, 0.25) is 0 Å². The number of aromatic nitrogens is 2. The third kappa shape index (κ3) is 2.39. The maximum absolute atomic E-state index is 11.3. The van der Waals surface area contributed by atoms with Gasteiger partial charge in [-0.15, -0.1) is 0 Å². The van der Waals surface area contributed by atoms with Gasteiger partial charge < -0.3 is 15.7 Å². The number of carboxylic acid groups (broad SMARTS) is 1. The molecule has 0 aliphatic rings. The average molecular weight is 252 g/mol. The van der Waals surface area contributed by atoms with E-state index in [1.165, 1.54) is 31.1 Å². The average Bonchev–Trinajstić information content (AvgIpc) is 2.29. The number of amides is 1. The Kier molecular flexibility index (Phi) is 3.85. The number of hydrogen-bond donors (Lipinski definition) is 2. The molecule has 0 bridgehead atoms. The number of anilines is 1. The highest BCUT2D eigenvalue weighted by Crippen LogP contribution is 2.24. The normalized spacial score (nSPS) is 11.1. The molecule has 0 atom stereocenters. The molecule has 0 aromatic carbocycles. The number of hydrogen-bond acceptors (Lipinski definition) is 5. The molecule has 98 valence electrons. The lowest BCUT2D eigenvalue weighted by Gasteiger charge is -2.35. The van der Waals surface area contributed by atoms with Crippen molar-refractivity contribution in [2.24, 2.45) is 5.73 Å². The first kappa shape index (κ1) is 13.9. The number of primary amides is 1. The molecule has 1 aromatic heterocycles. The predicted octanol–water partition coefficient (Wildman–Crippen LogP) is 0.265. The molecular formula is C11H16N4O3. The number of nitrogens with two attached hydrogens (primary N) is 1. The van der Waals surface area contributed by atoms with E-state index < -0.39 is 17.4 Å². The second kappa shape index (κ2) is 4.99. The molecule has 0 unspecified atom stereocenters. The van der Waals surface area contributed by atoms with Crippen LogP contribution in [0.4, 0.5) is 5.82 Å². The Balaban J connectivity index is 3.34. The Morgan fingerprint density at radius 3 is 2.39 bits per heavy atom. The highest BCUT2D eigenvalue weighted by molar-refractivity contribution is 5.96. The van der Waals surface area contributed by atoms with Crippen LogP contribution in [0.15, 0.2) is 12.4 Å². The van der Waals surface area contributed by atoms with Crippen molar-refractivity contribution in [2.75, 3.05) is 11.4 Å². The van der Waals surface area contributed by atoms with Gasteiger partial charge in [-0.3, -0.25) is 4.79 Å². The number of aliphatic carboxylic acids is 1. The highest BCUT2D eigenvalue weighted by Gasteiger charge is 2.36. The van der Waals surface area contributed by atoms with Crippen LogP contribution in [0.3, 0.4) is 0 Å². The van der Waals surface area contributed by atoms with Crippen LogP contribution in [0, 0.1) is 0 Å². The molecule has 0 fully saturated rings. The second-order valence-electron chi connectivity index (χ2n) is 4.20. The van der Waals surface area contributed by atoms with Gasteiger partial charge >= 0.3 is 5.97 Å². The standard InChI is InChI=1S/C11H16N4O3/c1-4-15(11(2,3)10(17)18)9-7(8(12)16)13-5-6-14-9/h5-6H,4H2,1-3H3,(H2,12,16)(H,17,18). The van der Waals surface area contributed by atoms with Crippen LogP contribution < -0.4 is 10.6 Å². The summed E-state index contributed by atoms with van der Waals surface area (Å²) in [5.41, 5.74) is 3.96. The molecule has 3 N–H and O–H groups in total. The van der Waals surface area contributed by atoms with Crippen molar-refractivity contribution in [1.29, 1.82) is 0 Å². The quantitative estimate of drug-likeness (QED) is 0.778. The zero-order chi connectivity index (χ0) is 13.9. The number of likely N-dealkylation sites (N-methyl/N-ethyl adjacent to an activating group) is 1. The molecule has 7 nitrogen and oxygen atoms in total. The summed E-state index contributed by atoms with van der Waals surface area (Å²) in [4.78, 5) is 31.9. The fourth-order valence-corrected chi connectivity index (χ4v) is 1.63. The monoisotopic (exact) mass is 252 g/mol. The van der Waals surface area contributed by atoms with E-state index in [-0.39, 0.29) is 11.5 Å². The fraction of sp³-hybridized carbons (Fsp3) is 0.455. The van der Waals surface area contributed by atoms with Crippen LogP contribution in [0.5, 0.6) is 0 Å². The van der Waals surface area contributed by atoms with Crippen molar-refractivity contribution in [2.45, 2.75) is 26.3 Å². The zero-order valence-electron chi connectivity index (χ0n) is 10.5. The summed E-state index contributed by atoms with van der Waals surface area (Å²) in [6, 6.07) is 0. The van der Waals surface area contributed by atoms with Gasteiger partial charge in [-0.25, -0.2) is 14.8 Å². The van der Waals surface area contributed by atoms with E-state index >= 15 is 0 Å². The largest absolute Gasteiger partial charge is 0.480 e. The SMILES string of the molecule is CCN(c1nccnc1C(N)=O)C(C)(C)C(=O)O. The van der Waals surface area contributed by atoms with E-state index in [0.29, 0.717) is 6.54 Å². The Labute approximate surface area is 105 Å². The molecule has 1 heterocycles. The lowest BCUT2D eigenvalue weighted by atomic mass is 10.0. The Morgan fingerprint density at radius 1 is 1.39 bits per heavy atom. The molecule has 1 amide bonds. The van der Waals surface area contributed by atoms with E-state index in [9.17, 15) is 14.7 Å². The van der Waals surface area contributed by atoms with Crippen molar-refractivity contribution in [3.63, 3.8) is 0 Å². The van der Waals surface area contributed by atoms with Crippen LogP contribution >= 0.6 is 0 Å². The molecule has 0 spiro atoms. The van der Waals surface area contributed by atoms with Gasteiger partial charge in [-0.1, -0.05) is 0 Å². The van der Waals surface area contributed by atoms with Crippen molar-refractivity contribution in [3.05, 3.63) is 18.1 Å². The van der Waals surface area contributed by atoms with Crippen LogP contribution in [-0.2, 0) is 4.79 Å². The fourth-order valence-electron chi connectivity index (χ4n) is 1.63. The topological polar surface area (TPSA) is 109 Å². The molecule has 1 aromatic rings. The second-order valence-corrected chi connectivity index (χ2v) is 4.20. The van der Waals surface area contributed by atoms with Crippen molar-refractivity contribution < 1.29 is 14.7 Å². The van der Waals surface area contributed by atoms with E-state index in [4.69, 9.17) is 5.73 Å². The van der Waals surface area contributed by atoms with Gasteiger partial charge in [0, 0.05) is 18.9 Å². The first-order chi connectivity index (χ1) is 8.32. The molecule has 18 heavy (non-hydrogen) atoms. The van der Waals surface area contributed by atoms with Crippen LogP contribution in [0.1, 0.15) is 31.3 Å². The maximum Gasteiger partial charge on any atom is 0.329 e. The summed E-state index contributed by atoms with van der Waals surface area (Å²) >= 11 is 0. The third-order valence-electron chi connectivity index (χ3n) is 2.68. The molecule has 1 rings (SSSR count). The summed E-state index contributed by atoms with van der Waals surface area (Å²) in [7, 11) is 0. The molecule has 0 saturated carbocycles. The number of carboxylic acids is 1. The van der Waals surface area contributed by atoms with Crippen LogP contribution in [-0.4, -0.2) is 39.0 Å². The van der Waals surface area contributed by atoms with E-state index in [2.05, 4.69) is 9.97 Å². The minimum atomic E-state index is -1.21. The lowest BCUT2D eigenvalue weighted by molar-refractivity contribution is -0.142. The summed E-state index contributed by atoms with van der Waals surface area (Å²) in [5, 5.41) is 9.23. The van der Waals surface area contributed by atoms with Crippen molar-refractivity contribution in [1.82, 2.24) is 9.97 Å². The van der Waals surface area contributed by atoms with Crippen molar-refractivity contribution in [3.8, 4) is 0 Å². The number of rotatable bonds is 5. The number of carbonyl (C=O) groups is 2. The van der Waals surface area contributed by atoms with Crippen LogP contribution in [0.25, 0.3) is 0 Å². The lowest BCUT2D eigenvalue weighted by Crippen LogP contribution is -2.51. The van der Waals surface area contributed by atoms with E-state index in [0.717, 1.165) is 0 Å². The van der Waals surface area contributed by atoms with Crippen LogP contribution in [0.2, 0.25) is 0 Å². The Bertz CT molecular complexity index is 473. The maximum atomic E-state index is 11.3. The third-order valence-corrected chi connectivity index (χ3v) is 2.68.